The van der Waals surface area contributed by atoms with Crippen molar-refractivity contribution in [2.75, 3.05) is 19.0 Å². The number of guanidine groups is 1. The molecule has 1 heterocycles. The summed E-state index contributed by atoms with van der Waals surface area (Å²) in [5, 5.41) is 6.70. The van der Waals surface area contributed by atoms with Gasteiger partial charge in [-0.15, -0.1) is 35.3 Å². The van der Waals surface area contributed by atoms with Crippen LogP contribution in [0.15, 0.2) is 52.8 Å². The van der Waals surface area contributed by atoms with Crippen LogP contribution in [0, 0.1) is 6.92 Å². The van der Waals surface area contributed by atoms with Crippen LogP contribution in [-0.4, -0.2) is 24.6 Å². The molecule has 3 rings (SSSR count). The molecule has 0 saturated carbocycles. The Labute approximate surface area is 191 Å². The fraction of sp³-hybridized carbons (Fsp3) is 0.200. The summed E-state index contributed by atoms with van der Waals surface area (Å²) in [5.41, 5.74) is 10.1. The number of halogens is 2. The summed E-state index contributed by atoms with van der Waals surface area (Å²) in [6.07, 6.45) is 0.808. The van der Waals surface area contributed by atoms with Gasteiger partial charge in [-0.2, -0.15) is 0 Å². The highest BCUT2D eigenvalue weighted by molar-refractivity contribution is 14.0. The number of ether oxygens (including phenoxy) is 1. The van der Waals surface area contributed by atoms with Gasteiger partial charge in [0.15, 0.2) is 5.96 Å². The maximum Gasteiger partial charge on any atom is 0.193 e. The van der Waals surface area contributed by atoms with E-state index < -0.39 is 0 Å². The van der Waals surface area contributed by atoms with Crippen molar-refractivity contribution in [3.05, 3.63) is 63.4 Å². The lowest BCUT2D eigenvalue weighted by atomic mass is 10.1. The monoisotopic (exact) mass is 528 g/mol. The Bertz CT molecular complexity index is 944. The molecule has 1 aromatic heterocycles. The second-order valence-electron chi connectivity index (χ2n) is 5.94. The van der Waals surface area contributed by atoms with Crippen molar-refractivity contribution < 1.29 is 4.74 Å². The molecule has 0 aliphatic carbocycles. The number of hydrogen-bond donors (Lipinski definition) is 2. The van der Waals surface area contributed by atoms with Gasteiger partial charge in [0, 0.05) is 23.2 Å². The van der Waals surface area contributed by atoms with Crippen LogP contribution in [0.4, 0.5) is 5.69 Å². The molecule has 0 atom stereocenters. The van der Waals surface area contributed by atoms with Gasteiger partial charge in [0.25, 0.3) is 0 Å². The first-order valence-corrected chi connectivity index (χ1v) is 9.73. The van der Waals surface area contributed by atoms with E-state index in [2.05, 4.69) is 44.9 Å². The van der Waals surface area contributed by atoms with Crippen LogP contribution in [0.2, 0.25) is 5.02 Å². The van der Waals surface area contributed by atoms with E-state index in [1.54, 1.807) is 30.6 Å². The summed E-state index contributed by atoms with van der Waals surface area (Å²) in [6.45, 7) is 2.61. The van der Waals surface area contributed by atoms with Crippen LogP contribution in [0.25, 0.3) is 11.3 Å². The quantitative estimate of drug-likeness (QED) is 0.256. The number of rotatable bonds is 6. The van der Waals surface area contributed by atoms with Gasteiger partial charge in [0.1, 0.15) is 5.75 Å². The van der Waals surface area contributed by atoms with Crippen molar-refractivity contribution in [3.63, 3.8) is 0 Å². The Morgan fingerprint density at radius 1 is 1.25 bits per heavy atom. The minimum absolute atomic E-state index is 0. The van der Waals surface area contributed by atoms with E-state index in [4.69, 9.17) is 22.1 Å². The van der Waals surface area contributed by atoms with Gasteiger partial charge in [-0.25, -0.2) is 4.98 Å². The first kappa shape index (κ1) is 22.4. The van der Waals surface area contributed by atoms with E-state index in [9.17, 15) is 0 Å². The summed E-state index contributed by atoms with van der Waals surface area (Å²) >= 11 is 7.77. The molecule has 3 N–H and O–H groups in total. The third-order valence-electron chi connectivity index (χ3n) is 3.98. The second kappa shape index (κ2) is 10.6. The topological polar surface area (TPSA) is 72.5 Å². The predicted molar refractivity (Wildman–Crippen MR) is 130 cm³/mol. The highest BCUT2D eigenvalue weighted by Crippen LogP contribution is 2.27. The number of thiazole rings is 1. The lowest BCUT2D eigenvalue weighted by Gasteiger charge is -2.08. The average molecular weight is 529 g/mol. The molecule has 0 spiro atoms. The van der Waals surface area contributed by atoms with Gasteiger partial charge in [0.05, 0.1) is 22.8 Å². The summed E-state index contributed by atoms with van der Waals surface area (Å²) in [4.78, 5) is 8.88. The zero-order valence-corrected chi connectivity index (χ0v) is 19.5. The van der Waals surface area contributed by atoms with Crippen LogP contribution >= 0.6 is 46.9 Å². The molecule has 8 heteroatoms. The van der Waals surface area contributed by atoms with Gasteiger partial charge in [0.2, 0.25) is 0 Å². The first-order valence-electron chi connectivity index (χ1n) is 8.47. The van der Waals surface area contributed by atoms with Crippen LogP contribution in [0.3, 0.4) is 0 Å². The summed E-state index contributed by atoms with van der Waals surface area (Å²) in [6, 6.07) is 13.8. The fourth-order valence-electron chi connectivity index (χ4n) is 2.58. The Kier molecular flexibility index (Phi) is 8.53. The third-order valence-corrected chi connectivity index (χ3v) is 5.04. The largest absolute Gasteiger partial charge is 0.495 e. The van der Waals surface area contributed by atoms with Crippen molar-refractivity contribution in [2.24, 2.45) is 10.7 Å². The van der Waals surface area contributed by atoms with Crippen molar-refractivity contribution in [2.45, 2.75) is 13.3 Å². The molecule has 0 aliphatic rings. The van der Waals surface area contributed by atoms with Crippen LogP contribution in [0.1, 0.15) is 10.6 Å². The number of hydrogen-bond acceptors (Lipinski definition) is 4. The van der Waals surface area contributed by atoms with E-state index >= 15 is 0 Å². The van der Waals surface area contributed by atoms with Gasteiger partial charge in [-0.3, -0.25) is 4.99 Å². The molecule has 148 valence electrons. The molecule has 3 aromatic rings. The second-order valence-corrected chi connectivity index (χ2v) is 7.41. The smallest absolute Gasteiger partial charge is 0.193 e. The van der Waals surface area contributed by atoms with E-state index in [1.165, 1.54) is 5.56 Å². The molecule has 0 unspecified atom stereocenters. The highest BCUT2D eigenvalue weighted by Gasteiger charge is 2.04. The van der Waals surface area contributed by atoms with E-state index in [1.807, 2.05) is 13.0 Å². The minimum Gasteiger partial charge on any atom is -0.495 e. The highest BCUT2D eigenvalue weighted by atomic mass is 127. The SMILES string of the molecule is COc1ccc(NC(N)=NCCc2ccc(-c3csc(C)n3)cc2)cc1Cl.I. The molecule has 0 amide bonds. The van der Waals surface area contributed by atoms with Crippen molar-refractivity contribution in [3.8, 4) is 17.0 Å². The van der Waals surface area contributed by atoms with E-state index in [0.29, 0.717) is 23.3 Å². The molecular weight excluding hydrogens is 507 g/mol. The summed E-state index contributed by atoms with van der Waals surface area (Å²) < 4.78 is 5.13. The molecule has 5 nitrogen and oxygen atoms in total. The maximum atomic E-state index is 6.11. The average Bonchev–Trinajstić information content (AvgIpc) is 3.09. The standard InChI is InChI=1S/C20H21ClN4OS.HI/c1-13-24-18(12-27-13)15-5-3-14(4-6-15)9-10-23-20(22)25-16-7-8-19(26-2)17(21)11-16;/h3-8,11-12H,9-10H2,1-2H3,(H3,22,23,25);1H. The van der Waals surface area contributed by atoms with Gasteiger partial charge >= 0.3 is 0 Å². The molecule has 2 aromatic carbocycles. The number of benzene rings is 2. The number of anilines is 1. The maximum absolute atomic E-state index is 6.11. The number of aromatic nitrogens is 1. The van der Waals surface area contributed by atoms with Crippen molar-refractivity contribution >= 4 is 58.6 Å². The normalized spacial score (nSPS) is 11.0. The van der Waals surface area contributed by atoms with Gasteiger partial charge in [-0.05, 0) is 37.1 Å². The fourth-order valence-corrected chi connectivity index (χ4v) is 3.45. The molecular formula is C20H22ClIN4OS. The van der Waals surface area contributed by atoms with Crippen LogP contribution in [0.5, 0.6) is 5.75 Å². The predicted octanol–water partition coefficient (Wildman–Crippen LogP) is 5.37. The Hall–Kier alpha value is -1.84. The number of nitrogens with one attached hydrogen (secondary N) is 1. The minimum atomic E-state index is 0. The molecule has 0 fully saturated rings. The number of nitrogens with zero attached hydrogens (tertiary/aromatic N) is 2. The van der Waals surface area contributed by atoms with E-state index in [-0.39, 0.29) is 24.0 Å². The Morgan fingerprint density at radius 3 is 2.61 bits per heavy atom. The van der Waals surface area contributed by atoms with Crippen LogP contribution in [-0.2, 0) is 6.42 Å². The van der Waals surface area contributed by atoms with Crippen molar-refractivity contribution in [1.29, 1.82) is 0 Å². The number of nitrogens with two attached hydrogens (primary N) is 1. The molecule has 0 aliphatic heterocycles. The molecule has 0 saturated heterocycles. The van der Waals surface area contributed by atoms with Crippen molar-refractivity contribution in [1.82, 2.24) is 4.98 Å². The Balaban J connectivity index is 0.00000280. The lowest BCUT2D eigenvalue weighted by molar-refractivity contribution is 0.415. The molecule has 0 radical (unpaired) electrons. The number of aliphatic imine (C=N–C) groups is 1. The third kappa shape index (κ3) is 6.08. The zero-order valence-electron chi connectivity index (χ0n) is 15.6. The zero-order chi connectivity index (χ0) is 19.2. The molecule has 28 heavy (non-hydrogen) atoms. The summed E-state index contributed by atoms with van der Waals surface area (Å²) in [5.74, 6) is 0.972. The van der Waals surface area contributed by atoms with Gasteiger partial charge < -0.3 is 15.8 Å². The first-order chi connectivity index (χ1) is 13.0. The number of aryl methyl sites for hydroxylation is 1. The molecule has 0 bridgehead atoms. The lowest BCUT2D eigenvalue weighted by Crippen LogP contribution is -2.23. The number of methoxy groups -OCH3 is 1. The van der Waals surface area contributed by atoms with Crippen LogP contribution < -0.4 is 15.8 Å². The van der Waals surface area contributed by atoms with E-state index in [0.717, 1.165) is 28.4 Å². The van der Waals surface area contributed by atoms with Gasteiger partial charge in [-0.1, -0.05) is 35.9 Å². The summed E-state index contributed by atoms with van der Waals surface area (Å²) in [7, 11) is 1.58. The Morgan fingerprint density at radius 2 is 2.00 bits per heavy atom.